The van der Waals surface area contributed by atoms with Gasteiger partial charge in [0.2, 0.25) is 0 Å². The molecule has 0 bridgehead atoms. The van der Waals surface area contributed by atoms with Gasteiger partial charge in [-0.05, 0) is 12.8 Å². The number of aliphatic hydroxyl groups is 1. The number of methoxy groups -OCH3 is 1. The minimum Gasteiger partial charge on any atom is -0.394 e. The first kappa shape index (κ1) is 13.3. The molecule has 0 saturated heterocycles. The third kappa shape index (κ3) is 2.66. The molecule has 0 aliphatic heterocycles. The van der Waals surface area contributed by atoms with E-state index in [1.165, 1.54) is 6.20 Å². The van der Waals surface area contributed by atoms with Gasteiger partial charge in [0.25, 0.3) is 5.56 Å². The Labute approximate surface area is 110 Å². The minimum atomic E-state index is -0.390. The van der Waals surface area contributed by atoms with Crippen molar-refractivity contribution < 1.29 is 9.84 Å². The van der Waals surface area contributed by atoms with E-state index in [1.54, 1.807) is 7.11 Å². The van der Waals surface area contributed by atoms with Gasteiger partial charge in [-0.3, -0.25) is 4.79 Å². The van der Waals surface area contributed by atoms with Crippen molar-refractivity contribution in [1.82, 2.24) is 9.78 Å². The zero-order valence-electron chi connectivity index (χ0n) is 10.1. The van der Waals surface area contributed by atoms with E-state index >= 15 is 0 Å². The average Bonchev–Trinajstić information content (AvgIpc) is 2.32. The Balaban J connectivity index is 2.06. The maximum absolute atomic E-state index is 11.8. The van der Waals surface area contributed by atoms with Crippen LogP contribution in [0.25, 0.3) is 0 Å². The normalized spacial score (nSPS) is 22.6. The molecule has 0 radical (unpaired) electrons. The predicted octanol–water partition coefficient (Wildman–Crippen LogP) is 0.478. The van der Waals surface area contributed by atoms with Crippen LogP contribution in [0.5, 0.6) is 0 Å². The predicted molar refractivity (Wildman–Crippen MR) is 68.0 cm³/mol. The quantitative estimate of drug-likeness (QED) is 0.816. The summed E-state index contributed by atoms with van der Waals surface area (Å²) >= 11 is 5.98. The molecule has 2 rings (SSSR count). The van der Waals surface area contributed by atoms with Crippen molar-refractivity contribution in [3.05, 3.63) is 21.6 Å². The number of hydrogen-bond donors (Lipinski definition) is 2. The summed E-state index contributed by atoms with van der Waals surface area (Å²) in [6.07, 6.45) is 3.59. The van der Waals surface area contributed by atoms with Crippen LogP contribution in [-0.2, 0) is 11.3 Å². The van der Waals surface area contributed by atoms with Crippen LogP contribution in [0.4, 0.5) is 5.69 Å². The van der Waals surface area contributed by atoms with Gasteiger partial charge in [-0.2, -0.15) is 5.10 Å². The van der Waals surface area contributed by atoms with Crippen LogP contribution in [0.15, 0.2) is 11.0 Å². The molecule has 2 N–H and O–H groups in total. The van der Waals surface area contributed by atoms with Gasteiger partial charge in [0.1, 0.15) is 5.02 Å². The average molecular weight is 274 g/mol. The number of rotatable bonds is 5. The number of hydrogen-bond acceptors (Lipinski definition) is 5. The number of aromatic nitrogens is 2. The Morgan fingerprint density at radius 2 is 2.39 bits per heavy atom. The molecule has 0 atom stereocenters. The van der Waals surface area contributed by atoms with E-state index < -0.39 is 5.56 Å². The van der Waals surface area contributed by atoms with E-state index in [0.29, 0.717) is 5.69 Å². The smallest absolute Gasteiger partial charge is 0.287 e. The van der Waals surface area contributed by atoms with Crippen LogP contribution in [0.2, 0.25) is 5.02 Å². The van der Waals surface area contributed by atoms with E-state index in [1.807, 2.05) is 0 Å². The lowest BCUT2D eigenvalue weighted by Gasteiger charge is -2.35. The Kier molecular flexibility index (Phi) is 4.21. The molecule has 1 fully saturated rings. The van der Waals surface area contributed by atoms with Crippen molar-refractivity contribution in [3.8, 4) is 0 Å². The third-order valence-corrected chi connectivity index (χ3v) is 3.45. The minimum absolute atomic E-state index is 0.110. The van der Waals surface area contributed by atoms with Gasteiger partial charge in [-0.1, -0.05) is 11.6 Å². The molecular formula is C11H16ClN3O3. The van der Waals surface area contributed by atoms with Gasteiger partial charge in [0.15, 0.2) is 0 Å². The second-order valence-corrected chi connectivity index (χ2v) is 4.67. The molecule has 18 heavy (non-hydrogen) atoms. The van der Waals surface area contributed by atoms with Crippen molar-refractivity contribution in [1.29, 1.82) is 0 Å². The van der Waals surface area contributed by atoms with Gasteiger partial charge in [0, 0.05) is 13.2 Å². The molecule has 1 aliphatic carbocycles. The number of ether oxygens (including phenoxy) is 1. The molecule has 1 aromatic rings. The van der Waals surface area contributed by atoms with E-state index in [4.69, 9.17) is 21.4 Å². The Bertz CT molecular complexity index is 471. The number of halogens is 1. The molecule has 1 saturated carbocycles. The first-order valence-corrected chi connectivity index (χ1v) is 6.19. The molecular weight excluding hydrogens is 258 g/mol. The van der Waals surface area contributed by atoms with Gasteiger partial charge < -0.3 is 15.2 Å². The van der Waals surface area contributed by atoms with Gasteiger partial charge in [-0.25, -0.2) is 4.68 Å². The molecule has 100 valence electrons. The first-order chi connectivity index (χ1) is 8.65. The topological polar surface area (TPSA) is 76.4 Å². The second-order valence-electron chi connectivity index (χ2n) is 4.29. The highest BCUT2D eigenvalue weighted by Gasteiger charge is 2.29. The molecule has 1 aliphatic rings. The van der Waals surface area contributed by atoms with Crippen LogP contribution >= 0.6 is 11.6 Å². The van der Waals surface area contributed by atoms with Crippen molar-refractivity contribution in [3.63, 3.8) is 0 Å². The Morgan fingerprint density at radius 3 is 3.00 bits per heavy atom. The zero-order chi connectivity index (χ0) is 13.1. The van der Waals surface area contributed by atoms with Gasteiger partial charge >= 0.3 is 0 Å². The summed E-state index contributed by atoms with van der Waals surface area (Å²) in [5.41, 5.74) is 0.147. The monoisotopic (exact) mass is 273 g/mol. The highest BCUT2D eigenvalue weighted by atomic mass is 35.5. The summed E-state index contributed by atoms with van der Waals surface area (Å²) in [4.78, 5) is 11.8. The standard InChI is InChI=1S/C11H16ClN3O3/c1-18-8-4-7(5-8)14-9-6-13-15(2-3-16)11(17)10(9)12/h6-8,14,16H,2-5H2,1H3. The summed E-state index contributed by atoms with van der Waals surface area (Å²) in [7, 11) is 1.69. The molecule has 0 spiro atoms. The highest BCUT2D eigenvalue weighted by Crippen LogP contribution is 2.27. The maximum Gasteiger partial charge on any atom is 0.287 e. The summed E-state index contributed by atoms with van der Waals surface area (Å²) in [5, 5.41) is 16.0. The fraction of sp³-hybridized carbons (Fsp3) is 0.636. The van der Waals surface area contributed by atoms with Crippen molar-refractivity contribution in [2.45, 2.75) is 31.5 Å². The molecule has 7 heteroatoms. The lowest BCUT2D eigenvalue weighted by atomic mass is 9.89. The van der Waals surface area contributed by atoms with Crippen LogP contribution in [-0.4, -0.2) is 40.7 Å². The van der Waals surface area contributed by atoms with E-state index in [-0.39, 0.29) is 30.3 Å². The summed E-state index contributed by atoms with van der Waals surface area (Å²) < 4.78 is 6.32. The molecule has 0 unspecified atom stereocenters. The molecule has 6 nitrogen and oxygen atoms in total. The van der Waals surface area contributed by atoms with Crippen LogP contribution in [0.1, 0.15) is 12.8 Å². The van der Waals surface area contributed by atoms with Crippen molar-refractivity contribution in [2.75, 3.05) is 19.0 Å². The summed E-state index contributed by atoms with van der Waals surface area (Å²) in [6, 6.07) is 0.266. The Hall–Kier alpha value is -1.11. The van der Waals surface area contributed by atoms with Gasteiger partial charge in [0.05, 0.1) is 31.1 Å². The number of nitrogens with zero attached hydrogens (tertiary/aromatic N) is 2. The number of nitrogens with one attached hydrogen (secondary N) is 1. The lowest BCUT2D eigenvalue weighted by molar-refractivity contribution is 0.0328. The van der Waals surface area contributed by atoms with Crippen LogP contribution in [0.3, 0.4) is 0 Å². The number of aliphatic hydroxyl groups excluding tert-OH is 1. The largest absolute Gasteiger partial charge is 0.394 e. The van der Waals surface area contributed by atoms with Crippen LogP contribution < -0.4 is 10.9 Å². The maximum atomic E-state index is 11.8. The fourth-order valence-electron chi connectivity index (χ4n) is 1.92. The van der Waals surface area contributed by atoms with Crippen LogP contribution in [0, 0.1) is 0 Å². The highest BCUT2D eigenvalue weighted by molar-refractivity contribution is 6.32. The molecule has 0 amide bonds. The number of anilines is 1. The third-order valence-electron chi connectivity index (χ3n) is 3.08. The fourth-order valence-corrected chi connectivity index (χ4v) is 2.12. The molecule has 1 heterocycles. The first-order valence-electron chi connectivity index (χ1n) is 5.81. The molecule has 1 aromatic heterocycles. The van der Waals surface area contributed by atoms with E-state index in [2.05, 4.69) is 10.4 Å². The lowest BCUT2D eigenvalue weighted by Crippen LogP contribution is -2.40. The van der Waals surface area contributed by atoms with E-state index in [9.17, 15) is 4.79 Å². The SMILES string of the molecule is COC1CC(Nc2cnn(CCO)c(=O)c2Cl)C1. The van der Waals surface area contributed by atoms with Gasteiger partial charge in [-0.15, -0.1) is 0 Å². The van der Waals surface area contributed by atoms with Crippen molar-refractivity contribution in [2.24, 2.45) is 0 Å². The zero-order valence-corrected chi connectivity index (χ0v) is 10.9. The summed E-state index contributed by atoms with van der Waals surface area (Å²) in [6.45, 7) is 0.00215. The molecule has 0 aromatic carbocycles. The summed E-state index contributed by atoms with van der Waals surface area (Å²) in [5.74, 6) is 0. The second kappa shape index (κ2) is 5.69. The Morgan fingerprint density at radius 1 is 1.67 bits per heavy atom. The van der Waals surface area contributed by atoms with E-state index in [0.717, 1.165) is 17.5 Å². The van der Waals surface area contributed by atoms with Crippen molar-refractivity contribution >= 4 is 17.3 Å².